The Kier molecular flexibility index (Phi) is 17.2. The normalized spacial score (nSPS) is 15.1. The Morgan fingerprint density at radius 2 is 1.15 bits per heavy atom. The van der Waals surface area contributed by atoms with E-state index in [2.05, 4.69) is 49.0 Å². The van der Waals surface area contributed by atoms with Crippen molar-refractivity contribution in [2.24, 2.45) is 5.73 Å². The van der Waals surface area contributed by atoms with Crippen molar-refractivity contribution in [3.8, 4) is 22.9 Å². The van der Waals surface area contributed by atoms with E-state index in [-0.39, 0.29) is 23.9 Å². The Hall–Kier alpha value is -5.15. The zero-order valence-corrected chi connectivity index (χ0v) is 36.0. The smallest absolute Gasteiger partial charge is 0.336 e. The number of pyridine rings is 2. The lowest BCUT2D eigenvalue weighted by atomic mass is 10.0. The number of carboxylic acids is 1. The number of carbonyl (C=O) groups is 2. The average Bonchev–Trinajstić information content (AvgIpc) is 3.99. The molecule has 2 saturated heterocycles. The first-order chi connectivity index (χ1) is 28.6. The molecule has 2 fully saturated rings. The van der Waals surface area contributed by atoms with Gasteiger partial charge in [0.2, 0.25) is 0 Å². The number of aromatic carboxylic acids is 1. The Morgan fingerprint density at radius 1 is 0.683 bits per heavy atom. The zero-order valence-electron chi connectivity index (χ0n) is 35.2. The molecule has 320 valence electrons. The van der Waals surface area contributed by atoms with E-state index >= 15 is 0 Å². The highest BCUT2D eigenvalue weighted by molar-refractivity contribution is 6.07. The van der Waals surface area contributed by atoms with Gasteiger partial charge in [-0.15, -0.1) is 12.4 Å². The maximum absolute atomic E-state index is 13.0. The van der Waals surface area contributed by atoms with Crippen LogP contribution < -0.4 is 11.1 Å². The molecule has 0 saturated carbocycles. The van der Waals surface area contributed by atoms with Gasteiger partial charge in [-0.2, -0.15) is 0 Å². The molecule has 2 aliphatic rings. The molecule has 8 rings (SSSR count). The zero-order chi connectivity index (χ0) is 41.7. The van der Waals surface area contributed by atoms with Gasteiger partial charge in [0.05, 0.1) is 34.7 Å². The predicted octanol–water partition coefficient (Wildman–Crippen LogP) is 6.68. The minimum absolute atomic E-state index is 0. The van der Waals surface area contributed by atoms with Gasteiger partial charge in [-0.3, -0.25) is 4.79 Å². The fraction of sp³-hybridized carbons (Fsp3) is 0.391. The third-order valence-corrected chi connectivity index (χ3v) is 10.8. The second-order valence-electron chi connectivity index (χ2n) is 15.5. The van der Waals surface area contributed by atoms with E-state index in [0.717, 1.165) is 74.1 Å². The van der Waals surface area contributed by atoms with Crippen LogP contribution in [0.3, 0.4) is 0 Å². The summed E-state index contributed by atoms with van der Waals surface area (Å²) in [6, 6.07) is 22.1. The van der Waals surface area contributed by atoms with Crippen molar-refractivity contribution in [1.82, 2.24) is 34.9 Å². The Bertz CT molecular complexity index is 2270. The summed E-state index contributed by atoms with van der Waals surface area (Å²) in [5.41, 5.74) is 11.1. The monoisotopic (exact) mass is 838 g/mol. The first kappa shape index (κ1) is 45.9. The number of nitrogens with one attached hydrogen (secondary N) is 1. The van der Waals surface area contributed by atoms with Gasteiger partial charge in [0.15, 0.2) is 11.5 Å². The van der Waals surface area contributed by atoms with Crippen LogP contribution in [0.4, 0.5) is 0 Å². The molecule has 0 unspecified atom stereocenters. The highest BCUT2D eigenvalue weighted by Crippen LogP contribution is 2.27. The lowest BCUT2D eigenvalue weighted by Gasteiger charge is -2.32. The first-order valence-corrected chi connectivity index (χ1v) is 20.5. The van der Waals surface area contributed by atoms with Crippen LogP contribution in [0.1, 0.15) is 44.7 Å². The van der Waals surface area contributed by atoms with Crippen LogP contribution in [0, 0.1) is 13.8 Å². The second-order valence-corrected chi connectivity index (χ2v) is 15.5. The number of fused-ring (bicyclic) bond motifs is 2. The van der Waals surface area contributed by atoms with Gasteiger partial charge in [-0.25, -0.2) is 14.8 Å². The van der Waals surface area contributed by atoms with Crippen molar-refractivity contribution in [1.29, 1.82) is 0 Å². The summed E-state index contributed by atoms with van der Waals surface area (Å²) in [6.45, 7) is 16.9. The van der Waals surface area contributed by atoms with Gasteiger partial charge in [0.25, 0.3) is 5.91 Å². The van der Waals surface area contributed by atoms with Gasteiger partial charge >= 0.3 is 5.97 Å². The summed E-state index contributed by atoms with van der Waals surface area (Å²) < 4.78 is 10.8. The molecule has 2 aliphatic heterocycles. The van der Waals surface area contributed by atoms with Crippen molar-refractivity contribution < 1.29 is 23.5 Å². The molecule has 1 amide bonds. The fourth-order valence-electron chi connectivity index (χ4n) is 7.20. The summed E-state index contributed by atoms with van der Waals surface area (Å²) in [7, 11) is 4.34. The number of amides is 1. The van der Waals surface area contributed by atoms with Gasteiger partial charge in [0, 0.05) is 69.7 Å². The van der Waals surface area contributed by atoms with Crippen molar-refractivity contribution in [2.75, 3.05) is 92.6 Å². The van der Waals surface area contributed by atoms with Crippen LogP contribution in [0.2, 0.25) is 0 Å². The molecule has 2 aromatic carbocycles. The highest BCUT2D eigenvalue weighted by Gasteiger charge is 2.18. The average molecular weight is 839 g/mol. The summed E-state index contributed by atoms with van der Waals surface area (Å²) in [5, 5.41) is 13.9. The predicted molar refractivity (Wildman–Crippen MR) is 241 cm³/mol. The maximum atomic E-state index is 13.0. The lowest BCUT2D eigenvalue weighted by molar-refractivity contribution is 0.0698. The largest absolute Gasteiger partial charge is 0.478 e. The van der Waals surface area contributed by atoms with Gasteiger partial charge < -0.3 is 44.6 Å². The molecule has 0 atom stereocenters. The molecule has 4 N–H and O–H groups in total. The van der Waals surface area contributed by atoms with Crippen molar-refractivity contribution in [3.63, 3.8) is 0 Å². The number of halogens is 1. The Labute approximate surface area is 358 Å². The number of aryl methyl sites for hydroxylation is 2. The van der Waals surface area contributed by atoms with Crippen molar-refractivity contribution >= 4 is 46.1 Å². The van der Waals surface area contributed by atoms with E-state index in [0.29, 0.717) is 45.9 Å². The molecular formula is C46H59ClN8O5. The number of likely N-dealkylation sites (N-methyl/N-ethyl adjacent to an activating group) is 2. The fourth-order valence-corrected chi connectivity index (χ4v) is 7.20. The Morgan fingerprint density at radius 3 is 1.60 bits per heavy atom. The third kappa shape index (κ3) is 12.7. The molecule has 13 nitrogen and oxygen atoms in total. The number of benzene rings is 2. The standard InChI is InChI=1S/C23H28N4O2.C15H11NO3.C8H19N3.ClH/c1-17-6-7-20-18(15-17)19(16-21(25-20)22-5-3-14-29-22)23(28)24-8-4-9-27-12-10-26(2)11-13-27;1-9-4-5-12-10(7-9)11(15(17)18)8-13(16-12)14-3-2-6-19-14;1-10-5-7-11(8-6-10)4-2-3-9;/h3,5-7,14-16H,4,8-13H2,1-2H3,(H,24,28);2-8H,1H3,(H,17,18);2-9H2,1H3;1H. The topological polar surface area (TPSA) is 157 Å². The van der Waals surface area contributed by atoms with Crippen LogP contribution in [0.25, 0.3) is 44.7 Å². The van der Waals surface area contributed by atoms with Crippen LogP contribution in [-0.2, 0) is 0 Å². The molecule has 60 heavy (non-hydrogen) atoms. The summed E-state index contributed by atoms with van der Waals surface area (Å²) in [6.07, 6.45) is 5.25. The maximum Gasteiger partial charge on any atom is 0.336 e. The van der Waals surface area contributed by atoms with Crippen molar-refractivity contribution in [2.45, 2.75) is 26.7 Å². The minimum Gasteiger partial charge on any atom is -0.478 e. The molecule has 0 bridgehead atoms. The number of nitrogens with zero attached hydrogens (tertiary/aromatic N) is 6. The van der Waals surface area contributed by atoms with E-state index in [1.165, 1.54) is 39.0 Å². The number of nitrogens with two attached hydrogens (primary N) is 1. The molecular weight excluding hydrogens is 780 g/mol. The molecule has 0 radical (unpaired) electrons. The van der Waals surface area contributed by atoms with E-state index in [1.807, 2.05) is 68.4 Å². The number of hydrogen-bond donors (Lipinski definition) is 3. The first-order valence-electron chi connectivity index (χ1n) is 20.5. The molecule has 6 heterocycles. The summed E-state index contributed by atoms with van der Waals surface area (Å²) in [5.74, 6) is 0.196. The number of hydrogen-bond acceptors (Lipinski definition) is 11. The van der Waals surface area contributed by atoms with Crippen LogP contribution >= 0.6 is 12.4 Å². The molecule has 14 heteroatoms. The van der Waals surface area contributed by atoms with E-state index in [9.17, 15) is 14.7 Å². The van der Waals surface area contributed by atoms with Crippen LogP contribution in [0.15, 0.2) is 94.2 Å². The van der Waals surface area contributed by atoms with Gasteiger partial charge in [-0.05, 0) is 121 Å². The number of furan rings is 2. The molecule has 0 spiro atoms. The Balaban J connectivity index is 0.000000189. The van der Waals surface area contributed by atoms with Gasteiger partial charge in [-0.1, -0.05) is 23.3 Å². The van der Waals surface area contributed by atoms with Crippen molar-refractivity contribution in [3.05, 3.63) is 108 Å². The summed E-state index contributed by atoms with van der Waals surface area (Å²) >= 11 is 0. The number of carboxylic acid groups (broad SMARTS) is 1. The lowest BCUT2D eigenvalue weighted by Crippen LogP contribution is -2.45. The molecule has 4 aromatic heterocycles. The van der Waals surface area contributed by atoms with Gasteiger partial charge in [0.1, 0.15) is 11.4 Å². The minimum atomic E-state index is -0.967. The number of carbonyl (C=O) groups excluding carboxylic acids is 1. The van der Waals surface area contributed by atoms with E-state index < -0.39 is 5.97 Å². The quantitative estimate of drug-likeness (QED) is 0.119. The number of piperazine rings is 2. The SMILES string of the molecule is CN1CCN(CCCN)CC1.Cc1ccc2nc(-c3ccco3)cc(C(=O)NCCCN3CCN(C)CC3)c2c1.Cc1ccc2nc(-c3ccco3)cc(C(=O)O)c2c1.Cl. The third-order valence-electron chi connectivity index (χ3n) is 10.8. The molecule has 6 aromatic rings. The van der Waals surface area contributed by atoms with E-state index in [1.54, 1.807) is 24.5 Å². The highest BCUT2D eigenvalue weighted by atomic mass is 35.5. The van der Waals surface area contributed by atoms with Crippen LogP contribution in [-0.4, -0.2) is 139 Å². The molecule has 0 aliphatic carbocycles. The summed E-state index contributed by atoms with van der Waals surface area (Å²) in [4.78, 5) is 43.2. The second kappa shape index (κ2) is 22.5. The van der Waals surface area contributed by atoms with E-state index in [4.69, 9.17) is 14.6 Å². The number of aromatic nitrogens is 2. The van der Waals surface area contributed by atoms with Crippen LogP contribution in [0.5, 0.6) is 0 Å². The number of rotatable bonds is 11.